The number of ketones is 1. The van der Waals surface area contributed by atoms with Crippen LogP contribution in [0.15, 0.2) is 18.2 Å². The van der Waals surface area contributed by atoms with Crippen molar-refractivity contribution in [1.82, 2.24) is 4.90 Å². The summed E-state index contributed by atoms with van der Waals surface area (Å²) in [5, 5.41) is 0. The molecule has 0 spiro atoms. The second-order valence-electron chi connectivity index (χ2n) is 4.91. The van der Waals surface area contributed by atoms with E-state index in [1.165, 1.54) is 0 Å². The van der Waals surface area contributed by atoms with Gasteiger partial charge in [-0.2, -0.15) is 0 Å². The molecule has 4 nitrogen and oxygen atoms in total. The maximum absolute atomic E-state index is 11.7. The van der Waals surface area contributed by atoms with E-state index in [4.69, 9.17) is 9.47 Å². The average molecular weight is 277 g/mol. The van der Waals surface area contributed by atoms with Gasteiger partial charge in [0.15, 0.2) is 5.78 Å². The van der Waals surface area contributed by atoms with Crippen LogP contribution in [0, 0.1) is 0 Å². The summed E-state index contributed by atoms with van der Waals surface area (Å²) in [7, 11) is 0. The monoisotopic (exact) mass is 277 g/mol. The van der Waals surface area contributed by atoms with Gasteiger partial charge in [0.1, 0.15) is 11.5 Å². The second kappa shape index (κ2) is 7.29. The van der Waals surface area contributed by atoms with Gasteiger partial charge in [0.25, 0.3) is 0 Å². The molecule has 0 aliphatic carbocycles. The molecule has 20 heavy (non-hydrogen) atoms. The normalized spacial score (nSPS) is 14.1. The van der Waals surface area contributed by atoms with Gasteiger partial charge in [0, 0.05) is 19.0 Å². The number of rotatable bonds is 7. The summed E-state index contributed by atoms with van der Waals surface area (Å²) >= 11 is 0. The molecule has 1 aliphatic rings. The van der Waals surface area contributed by atoms with E-state index in [0.29, 0.717) is 30.9 Å². The Morgan fingerprint density at radius 1 is 1.30 bits per heavy atom. The molecular formula is C16H23NO3. The molecule has 0 aromatic heterocycles. The van der Waals surface area contributed by atoms with Gasteiger partial charge in [0.2, 0.25) is 0 Å². The second-order valence-corrected chi connectivity index (χ2v) is 4.91. The molecule has 0 radical (unpaired) electrons. The zero-order valence-electron chi connectivity index (χ0n) is 12.4. The molecular weight excluding hydrogens is 254 g/mol. The van der Waals surface area contributed by atoms with E-state index < -0.39 is 0 Å². The zero-order valence-corrected chi connectivity index (χ0v) is 12.4. The smallest absolute Gasteiger partial charge is 0.169 e. The molecule has 2 rings (SSSR count). The number of hydrogen-bond acceptors (Lipinski definition) is 4. The number of benzene rings is 1. The number of carbonyl (C=O) groups is 1. The lowest BCUT2D eigenvalue weighted by Crippen LogP contribution is -2.25. The molecule has 0 saturated heterocycles. The Bertz CT molecular complexity index is 455. The van der Waals surface area contributed by atoms with Crippen LogP contribution in [0.3, 0.4) is 0 Å². The molecule has 0 N–H and O–H groups in total. The molecule has 4 heteroatoms. The summed E-state index contributed by atoms with van der Waals surface area (Å²) in [5.41, 5.74) is 0.673. The number of Topliss-reactive ketones (excluding diaryl/α,β-unsaturated/α-hetero) is 1. The van der Waals surface area contributed by atoms with E-state index in [1.54, 1.807) is 6.07 Å². The SMILES string of the molecule is CCN(CC)CCCOc1ccc2c(c1)OCCC2=O. The first-order valence-corrected chi connectivity index (χ1v) is 7.39. The van der Waals surface area contributed by atoms with Crippen LogP contribution in [-0.4, -0.2) is 43.5 Å². The molecule has 0 amide bonds. The highest BCUT2D eigenvalue weighted by Crippen LogP contribution is 2.29. The highest BCUT2D eigenvalue weighted by atomic mass is 16.5. The third-order valence-electron chi connectivity index (χ3n) is 3.62. The van der Waals surface area contributed by atoms with E-state index in [2.05, 4.69) is 18.7 Å². The van der Waals surface area contributed by atoms with Crippen molar-refractivity contribution in [3.8, 4) is 11.5 Å². The molecule has 0 saturated carbocycles. The molecule has 1 aromatic carbocycles. The quantitative estimate of drug-likeness (QED) is 0.718. The van der Waals surface area contributed by atoms with Gasteiger partial charge in [-0.3, -0.25) is 4.79 Å². The van der Waals surface area contributed by atoms with E-state index in [1.807, 2.05) is 12.1 Å². The van der Waals surface area contributed by atoms with Crippen LogP contribution in [0.4, 0.5) is 0 Å². The van der Waals surface area contributed by atoms with Crippen molar-refractivity contribution < 1.29 is 14.3 Å². The maximum atomic E-state index is 11.7. The van der Waals surface area contributed by atoms with E-state index in [-0.39, 0.29) is 5.78 Å². The fraction of sp³-hybridized carbons (Fsp3) is 0.562. The molecule has 0 unspecified atom stereocenters. The lowest BCUT2D eigenvalue weighted by atomic mass is 10.1. The molecule has 1 aromatic rings. The topological polar surface area (TPSA) is 38.8 Å². The summed E-state index contributed by atoms with van der Waals surface area (Å²) in [6.07, 6.45) is 1.47. The fourth-order valence-corrected chi connectivity index (χ4v) is 2.35. The third-order valence-corrected chi connectivity index (χ3v) is 3.62. The van der Waals surface area contributed by atoms with Crippen molar-refractivity contribution >= 4 is 5.78 Å². The van der Waals surface area contributed by atoms with Gasteiger partial charge in [0.05, 0.1) is 18.8 Å². The van der Waals surface area contributed by atoms with Crippen LogP contribution in [0.2, 0.25) is 0 Å². The predicted molar refractivity (Wildman–Crippen MR) is 78.8 cm³/mol. The minimum absolute atomic E-state index is 0.152. The summed E-state index contributed by atoms with van der Waals surface area (Å²) in [6, 6.07) is 5.48. The van der Waals surface area contributed by atoms with E-state index in [9.17, 15) is 4.79 Å². The van der Waals surface area contributed by atoms with Crippen molar-refractivity contribution in [3.63, 3.8) is 0 Å². The zero-order chi connectivity index (χ0) is 14.4. The molecule has 1 heterocycles. The lowest BCUT2D eigenvalue weighted by Gasteiger charge is -2.19. The van der Waals surface area contributed by atoms with Gasteiger partial charge in [-0.1, -0.05) is 13.8 Å². The molecule has 110 valence electrons. The first-order chi connectivity index (χ1) is 9.74. The van der Waals surface area contributed by atoms with Crippen LogP contribution in [0.1, 0.15) is 37.0 Å². The van der Waals surface area contributed by atoms with Gasteiger partial charge in [-0.15, -0.1) is 0 Å². The Morgan fingerprint density at radius 2 is 2.10 bits per heavy atom. The van der Waals surface area contributed by atoms with Crippen molar-refractivity contribution in [2.45, 2.75) is 26.7 Å². The Balaban J connectivity index is 1.83. The van der Waals surface area contributed by atoms with Crippen molar-refractivity contribution in [1.29, 1.82) is 0 Å². The summed E-state index contributed by atoms with van der Waals surface area (Å²) in [4.78, 5) is 14.0. The average Bonchev–Trinajstić information content (AvgIpc) is 2.47. The van der Waals surface area contributed by atoms with Gasteiger partial charge in [-0.05, 0) is 31.6 Å². The Hall–Kier alpha value is -1.55. The van der Waals surface area contributed by atoms with E-state index in [0.717, 1.165) is 31.8 Å². The van der Waals surface area contributed by atoms with Gasteiger partial charge < -0.3 is 14.4 Å². The Morgan fingerprint density at radius 3 is 2.85 bits per heavy atom. The first kappa shape index (κ1) is 14.9. The standard InChI is InChI=1S/C16H23NO3/c1-3-17(4-2)9-5-10-19-13-6-7-14-15(18)8-11-20-16(14)12-13/h6-7,12H,3-5,8-11H2,1-2H3. The Labute approximate surface area is 120 Å². The van der Waals surface area contributed by atoms with Gasteiger partial charge >= 0.3 is 0 Å². The molecule has 0 fully saturated rings. The minimum atomic E-state index is 0.152. The van der Waals surface area contributed by atoms with Crippen LogP contribution >= 0.6 is 0 Å². The molecule has 0 bridgehead atoms. The highest BCUT2D eigenvalue weighted by Gasteiger charge is 2.18. The predicted octanol–water partition coefficient (Wildman–Crippen LogP) is 2.76. The van der Waals surface area contributed by atoms with Crippen LogP contribution in [0.25, 0.3) is 0 Å². The van der Waals surface area contributed by atoms with E-state index >= 15 is 0 Å². The minimum Gasteiger partial charge on any atom is -0.493 e. The van der Waals surface area contributed by atoms with Gasteiger partial charge in [-0.25, -0.2) is 0 Å². The van der Waals surface area contributed by atoms with Crippen molar-refractivity contribution in [2.24, 2.45) is 0 Å². The number of carbonyl (C=O) groups excluding carboxylic acids is 1. The van der Waals surface area contributed by atoms with Crippen LogP contribution < -0.4 is 9.47 Å². The van der Waals surface area contributed by atoms with Crippen LogP contribution in [0.5, 0.6) is 11.5 Å². The largest absolute Gasteiger partial charge is 0.493 e. The number of nitrogens with zero attached hydrogens (tertiary/aromatic N) is 1. The highest BCUT2D eigenvalue weighted by molar-refractivity contribution is 5.99. The van der Waals surface area contributed by atoms with Crippen molar-refractivity contribution in [2.75, 3.05) is 32.8 Å². The first-order valence-electron chi connectivity index (χ1n) is 7.39. The molecule has 0 atom stereocenters. The summed E-state index contributed by atoms with van der Waals surface area (Å²) in [6.45, 7) is 8.69. The summed E-state index contributed by atoms with van der Waals surface area (Å²) < 4.78 is 11.2. The summed E-state index contributed by atoms with van der Waals surface area (Å²) in [5.74, 6) is 1.58. The maximum Gasteiger partial charge on any atom is 0.169 e. The fourth-order valence-electron chi connectivity index (χ4n) is 2.35. The van der Waals surface area contributed by atoms with Crippen LogP contribution in [-0.2, 0) is 0 Å². The molecule has 1 aliphatic heterocycles. The lowest BCUT2D eigenvalue weighted by molar-refractivity contribution is 0.0933. The third kappa shape index (κ3) is 3.73. The number of hydrogen-bond donors (Lipinski definition) is 0. The number of ether oxygens (including phenoxy) is 2. The van der Waals surface area contributed by atoms with Crippen molar-refractivity contribution in [3.05, 3.63) is 23.8 Å². The Kier molecular flexibility index (Phi) is 5.41. The number of fused-ring (bicyclic) bond motifs is 1.